The minimum Gasteiger partial charge on any atom is -0.372 e. The summed E-state index contributed by atoms with van der Waals surface area (Å²) in [6.45, 7) is 6.10. The molecule has 2 amide bonds. The molecule has 1 N–H and O–H groups in total. The number of rotatable bonds is 6. The number of thioether (sulfide) groups is 1. The summed E-state index contributed by atoms with van der Waals surface area (Å²) >= 11 is 2.93. The van der Waals surface area contributed by atoms with Crippen LogP contribution in [-0.2, 0) is 9.59 Å². The van der Waals surface area contributed by atoms with Crippen LogP contribution < -0.4 is 14.7 Å². The van der Waals surface area contributed by atoms with Crippen LogP contribution in [-0.4, -0.2) is 40.1 Å². The van der Waals surface area contributed by atoms with Gasteiger partial charge in [0.15, 0.2) is 0 Å². The first-order valence-corrected chi connectivity index (χ1v) is 15.4. The van der Waals surface area contributed by atoms with E-state index in [1.807, 2.05) is 0 Å². The van der Waals surface area contributed by atoms with E-state index in [9.17, 15) is 24.5 Å². The second kappa shape index (κ2) is 9.31. The first-order chi connectivity index (χ1) is 19.3. The Balaban J connectivity index is 1.26. The number of benzene rings is 2. The highest BCUT2D eigenvalue weighted by atomic mass is 32.2. The van der Waals surface area contributed by atoms with Crippen LogP contribution in [0.15, 0.2) is 58.4 Å². The molecule has 2 bridgehead atoms. The van der Waals surface area contributed by atoms with Crippen molar-refractivity contribution in [3.05, 3.63) is 78.8 Å². The summed E-state index contributed by atoms with van der Waals surface area (Å²) in [6, 6.07) is 14.3. The number of hydrogen-bond acceptors (Lipinski definition) is 8. The van der Waals surface area contributed by atoms with Gasteiger partial charge in [-0.25, -0.2) is 0 Å². The minimum absolute atomic E-state index is 0.0183. The molecular formula is C29H28N4O5S2. The van der Waals surface area contributed by atoms with E-state index in [0.717, 1.165) is 40.7 Å². The fourth-order valence-corrected chi connectivity index (χ4v) is 10.7. The molecule has 206 valence electrons. The highest BCUT2D eigenvalue weighted by molar-refractivity contribution is 8.00. The summed E-state index contributed by atoms with van der Waals surface area (Å²) in [5.41, 5.74) is 2.59. The van der Waals surface area contributed by atoms with E-state index in [1.54, 1.807) is 11.8 Å². The quantitative estimate of drug-likeness (QED) is 0.253. The number of carbonyl (C=O) groups excluding carboxylic acids is 2. The van der Waals surface area contributed by atoms with Crippen LogP contribution in [0, 0.1) is 39.7 Å². The second-order valence-corrected chi connectivity index (χ2v) is 13.2. The maximum absolute atomic E-state index is 13.9. The molecule has 2 saturated carbocycles. The predicted octanol–water partition coefficient (Wildman–Crippen LogP) is 4.87. The Kier molecular flexibility index (Phi) is 5.94. The molecule has 1 saturated heterocycles. The van der Waals surface area contributed by atoms with Gasteiger partial charge < -0.3 is 9.88 Å². The Morgan fingerprint density at radius 2 is 1.62 bits per heavy atom. The van der Waals surface area contributed by atoms with Crippen molar-refractivity contribution in [2.45, 2.75) is 36.5 Å². The van der Waals surface area contributed by atoms with Gasteiger partial charge in [0.05, 0.1) is 27.5 Å². The number of nitrogens with one attached hydrogen (secondary N) is 1. The average Bonchev–Trinajstić information content (AvgIpc) is 3.68. The molecule has 3 fully saturated rings. The largest absolute Gasteiger partial charge is 0.372 e. The lowest BCUT2D eigenvalue weighted by Crippen LogP contribution is -2.42. The Hall–Kier alpha value is -3.44. The van der Waals surface area contributed by atoms with E-state index in [4.69, 9.17) is 0 Å². The maximum Gasteiger partial charge on any atom is 0.305 e. The maximum atomic E-state index is 13.9. The summed E-state index contributed by atoms with van der Waals surface area (Å²) in [4.78, 5) is 58.3. The zero-order valence-corrected chi connectivity index (χ0v) is 23.6. The Labute approximate surface area is 238 Å². The van der Waals surface area contributed by atoms with Gasteiger partial charge in [-0.1, -0.05) is 23.5 Å². The third-order valence-electron chi connectivity index (χ3n) is 9.42. The van der Waals surface area contributed by atoms with Crippen molar-refractivity contribution in [3.8, 4) is 0 Å². The molecular weight excluding hydrogens is 548 g/mol. The first kappa shape index (κ1) is 25.5. The van der Waals surface area contributed by atoms with Crippen LogP contribution in [0.1, 0.15) is 36.6 Å². The molecule has 11 heteroatoms. The van der Waals surface area contributed by atoms with Gasteiger partial charge >= 0.3 is 4.87 Å². The predicted molar refractivity (Wildman–Crippen MR) is 154 cm³/mol. The number of hydrogen-bond donors (Lipinski definition) is 1. The molecule has 9 nitrogen and oxygen atoms in total. The van der Waals surface area contributed by atoms with Crippen LogP contribution in [0.5, 0.6) is 0 Å². The molecule has 2 aliphatic heterocycles. The lowest BCUT2D eigenvalue weighted by molar-refractivity contribution is -0.384. The number of aromatic amines is 1. The van der Waals surface area contributed by atoms with Crippen molar-refractivity contribution in [1.29, 1.82) is 0 Å². The summed E-state index contributed by atoms with van der Waals surface area (Å²) in [5.74, 6) is -1.08. The van der Waals surface area contributed by atoms with Crippen LogP contribution in [0.2, 0.25) is 0 Å². The Morgan fingerprint density at radius 1 is 0.975 bits per heavy atom. The van der Waals surface area contributed by atoms with Gasteiger partial charge in [0.2, 0.25) is 11.8 Å². The third kappa shape index (κ3) is 3.56. The topological polar surface area (TPSA) is 117 Å². The van der Waals surface area contributed by atoms with Crippen molar-refractivity contribution in [3.63, 3.8) is 0 Å². The van der Waals surface area contributed by atoms with E-state index in [2.05, 4.69) is 48.0 Å². The summed E-state index contributed by atoms with van der Waals surface area (Å²) in [6.07, 6.45) is 0.816. The third-order valence-corrected chi connectivity index (χ3v) is 12.0. The Morgan fingerprint density at radius 3 is 2.25 bits per heavy atom. The number of non-ortho nitro benzene ring substituents is 1. The van der Waals surface area contributed by atoms with Crippen molar-refractivity contribution in [2.75, 3.05) is 22.9 Å². The number of amides is 2. The fraction of sp³-hybridized carbons (Fsp3) is 0.414. The van der Waals surface area contributed by atoms with E-state index in [-0.39, 0.29) is 51.3 Å². The van der Waals surface area contributed by atoms with Gasteiger partial charge in [0.25, 0.3) is 5.69 Å². The SMILES string of the molecule is CCN(CC)c1ccc([C@@H]2c3sc(=O)[nH]c3S[C@@H]3[C@@H]4C[C@@H]([C@@H]5C(=O)N(c6ccc([N+](=O)[O-])cc6)C(=O)[C@@H]45)[C@@H]23)cc1. The number of carbonyl (C=O) groups is 2. The molecule has 2 aromatic carbocycles. The van der Waals surface area contributed by atoms with E-state index >= 15 is 0 Å². The van der Waals surface area contributed by atoms with Crippen molar-refractivity contribution >= 4 is 52.0 Å². The van der Waals surface area contributed by atoms with E-state index < -0.39 is 16.8 Å². The molecule has 0 radical (unpaired) electrons. The number of H-pyrrole nitrogens is 1. The highest BCUT2D eigenvalue weighted by Gasteiger charge is 2.69. The monoisotopic (exact) mass is 576 g/mol. The number of nitro groups is 1. The molecule has 4 aliphatic rings. The van der Waals surface area contributed by atoms with Crippen LogP contribution in [0.3, 0.4) is 0 Å². The fourth-order valence-electron chi connectivity index (χ4n) is 7.85. The summed E-state index contributed by atoms with van der Waals surface area (Å²) in [7, 11) is 0. The molecule has 7 atom stereocenters. The van der Waals surface area contributed by atoms with Crippen LogP contribution in [0.25, 0.3) is 0 Å². The average molecular weight is 577 g/mol. The molecule has 40 heavy (non-hydrogen) atoms. The number of nitro benzene ring substituents is 1. The molecule has 0 unspecified atom stereocenters. The van der Waals surface area contributed by atoms with Crippen LogP contribution in [0.4, 0.5) is 17.1 Å². The summed E-state index contributed by atoms with van der Waals surface area (Å²) < 4.78 is 0. The normalized spacial score (nSPS) is 29.9. The van der Waals surface area contributed by atoms with Crippen LogP contribution >= 0.6 is 23.1 Å². The second-order valence-electron chi connectivity index (χ2n) is 11.0. The molecule has 0 spiro atoms. The van der Waals surface area contributed by atoms with E-state index in [1.165, 1.54) is 40.5 Å². The Bertz CT molecular complexity index is 1580. The van der Waals surface area contributed by atoms with Crippen molar-refractivity contribution < 1.29 is 14.5 Å². The van der Waals surface area contributed by atoms with Gasteiger partial charge in [0, 0.05) is 47.0 Å². The zero-order valence-electron chi connectivity index (χ0n) is 22.0. The molecule has 3 aromatic rings. The van der Waals surface area contributed by atoms with Gasteiger partial charge in [-0.15, -0.1) is 11.8 Å². The van der Waals surface area contributed by atoms with Gasteiger partial charge in [-0.3, -0.25) is 29.4 Å². The first-order valence-electron chi connectivity index (χ1n) is 13.7. The number of imide groups is 1. The van der Waals surface area contributed by atoms with E-state index in [0.29, 0.717) is 5.69 Å². The van der Waals surface area contributed by atoms with Crippen molar-refractivity contribution in [2.24, 2.45) is 29.6 Å². The van der Waals surface area contributed by atoms with Gasteiger partial charge in [-0.2, -0.15) is 0 Å². The molecule has 7 rings (SSSR count). The smallest absolute Gasteiger partial charge is 0.305 e. The number of fused-ring (bicyclic) bond motifs is 9. The number of anilines is 2. The molecule has 3 heterocycles. The zero-order chi connectivity index (χ0) is 27.9. The standard InChI is InChI=1S/C29H28N4O5S2/c1-3-31(4-2)15-7-5-14(6-8-15)20-21-18-13-19(24(21)39-26-25(20)40-29(36)30-26)23-22(18)27(34)32(28(23)35)16-9-11-17(12-10-16)33(37)38/h5-12,18-24H,3-4,13H2,1-2H3,(H,30,36)/t18-,19-,20+,21+,22+,23+,24-/m1/s1. The number of thiazole rings is 1. The van der Waals surface area contributed by atoms with Gasteiger partial charge in [-0.05, 0) is 67.9 Å². The van der Waals surface area contributed by atoms with Gasteiger partial charge in [0.1, 0.15) is 0 Å². The lowest BCUT2D eigenvalue weighted by atomic mass is 9.68. The molecule has 2 aliphatic carbocycles. The lowest BCUT2D eigenvalue weighted by Gasteiger charge is -2.43. The minimum atomic E-state index is -0.494. The summed E-state index contributed by atoms with van der Waals surface area (Å²) in [5, 5.41) is 12.1. The number of aromatic nitrogens is 1. The highest BCUT2D eigenvalue weighted by Crippen LogP contribution is 2.68. The van der Waals surface area contributed by atoms with Crippen molar-refractivity contribution in [1.82, 2.24) is 4.98 Å². The number of nitrogens with zero attached hydrogens (tertiary/aromatic N) is 3. The molecule has 1 aromatic heterocycles.